The van der Waals surface area contributed by atoms with Gasteiger partial charge >= 0.3 is 0 Å². The van der Waals surface area contributed by atoms with Crippen molar-refractivity contribution < 1.29 is 4.39 Å². The smallest absolute Gasteiger partial charge is 0.199 e. The summed E-state index contributed by atoms with van der Waals surface area (Å²) in [7, 11) is 1.95. The van der Waals surface area contributed by atoms with Gasteiger partial charge in [0.15, 0.2) is 10.6 Å². The molecule has 1 fully saturated rings. The van der Waals surface area contributed by atoms with Gasteiger partial charge in [0.25, 0.3) is 0 Å². The summed E-state index contributed by atoms with van der Waals surface area (Å²) in [5, 5.41) is 4.76. The van der Waals surface area contributed by atoms with Gasteiger partial charge in [-0.1, -0.05) is 42.5 Å². The van der Waals surface area contributed by atoms with E-state index in [4.69, 9.17) is 17.3 Å². The van der Waals surface area contributed by atoms with Crippen LogP contribution in [0.1, 0.15) is 18.4 Å². The Morgan fingerprint density at radius 3 is 2.46 bits per heavy atom. The molecule has 134 valence electrons. The van der Waals surface area contributed by atoms with E-state index in [1.54, 1.807) is 0 Å². The quantitative estimate of drug-likeness (QED) is 0.604. The number of rotatable bonds is 6. The average Bonchev–Trinajstić information content (AvgIpc) is 3.47. The molecular weight excluding hydrogens is 347 g/mol. The summed E-state index contributed by atoms with van der Waals surface area (Å²) in [5.74, 6) is 0.666. The summed E-state index contributed by atoms with van der Waals surface area (Å²) >= 11 is 5.61. The van der Waals surface area contributed by atoms with E-state index in [0.717, 1.165) is 23.5 Å². The van der Waals surface area contributed by atoms with Crippen LogP contribution in [-0.4, -0.2) is 25.3 Å². The molecule has 0 spiro atoms. The summed E-state index contributed by atoms with van der Waals surface area (Å²) in [6.45, 7) is 1.41. The Balaban J connectivity index is 1.58. The number of hydrogen-bond donors (Lipinski definition) is 0. The van der Waals surface area contributed by atoms with E-state index in [1.807, 2.05) is 58.8 Å². The van der Waals surface area contributed by atoms with Gasteiger partial charge in [-0.2, -0.15) is 5.10 Å². The summed E-state index contributed by atoms with van der Waals surface area (Å²) in [6.07, 6.45) is 2.37. The zero-order chi connectivity index (χ0) is 18.1. The maximum Gasteiger partial charge on any atom is 0.199 e. The van der Waals surface area contributed by atoms with Crippen molar-refractivity contribution in [1.29, 1.82) is 0 Å². The first-order chi connectivity index (χ1) is 12.6. The van der Waals surface area contributed by atoms with E-state index in [2.05, 4.69) is 4.90 Å². The van der Waals surface area contributed by atoms with Crippen LogP contribution in [0.4, 0.5) is 4.39 Å². The Morgan fingerprint density at radius 2 is 1.81 bits per heavy atom. The lowest BCUT2D eigenvalue weighted by atomic mass is 10.2. The van der Waals surface area contributed by atoms with Crippen molar-refractivity contribution in [2.24, 2.45) is 7.05 Å². The van der Waals surface area contributed by atoms with Crippen LogP contribution in [-0.2, 0) is 20.3 Å². The maximum absolute atomic E-state index is 13.2. The van der Waals surface area contributed by atoms with Crippen LogP contribution in [0.25, 0.3) is 11.4 Å². The highest BCUT2D eigenvalue weighted by atomic mass is 32.1. The molecule has 0 bridgehead atoms. The maximum atomic E-state index is 13.2. The SMILES string of the molecule is Cn1c(-c2ccccc2)nn(CN(Cc2ccc(F)cc2)C2CC2)c1=S. The lowest BCUT2D eigenvalue weighted by Crippen LogP contribution is -2.29. The molecule has 1 aromatic heterocycles. The molecule has 0 unspecified atom stereocenters. The number of nitrogens with zero attached hydrogens (tertiary/aromatic N) is 4. The van der Waals surface area contributed by atoms with Gasteiger partial charge in [0, 0.05) is 25.2 Å². The number of hydrogen-bond acceptors (Lipinski definition) is 3. The van der Waals surface area contributed by atoms with E-state index in [1.165, 1.54) is 25.0 Å². The third-order valence-corrected chi connectivity index (χ3v) is 5.24. The normalized spacial score (nSPS) is 14.1. The van der Waals surface area contributed by atoms with Crippen LogP contribution in [0, 0.1) is 10.6 Å². The van der Waals surface area contributed by atoms with Crippen LogP contribution < -0.4 is 0 Å². The second-order valence-electron chi connectivity index (χ2n) is 6.78. The van der Waals surface area contributed by atoms with Gasteiger partial charge in [0.1, 0.15) is 5.82 Å². The Kier molecular flexibility index (Phi) is 4.70. The molecule has 4 nitrogen and oxygen atoms in total. The second kappa shape index (κ2) is 7.13. The topological polar surface area (TPSA) is 26.0 Å². The van der Waals surface area contributed by atoms with Gasteiger partial charge < -0.3 is 4.57 Å². The van der Waals surface area contributed by atoms with Crippen LogP contribution in [0.15, 0.2) is 54.6 Å². The number of benzene rings is 2. The molecule has 0 aliphatic heterocycles. The van der Waals surface area contributed by atoms with Crippen molar-refractivity contribution in [3.05, 3.63) is 70.7 Å². The lowest BCUT2D eigenvalue weighted by molar-refractivity contribution is 0.186. The monoisotopic (exact) mass is 368 g/mol. The van der Waals surface area contributed by atoms with E-state index in [0.29, 0.717) is 17.5 Å². The van der Waals surface area contributed by atoms with Gasteiger partial charge in [-0.25, -0.2) is 9.07 Å². The number of aromatic nitrogens is 3. The summed E-state index contributed by atoms with van der Waals surface area (Å²) in [6, 6.07) is 17.3. The first-order valence-electron chi connectivity index (χ1n) is 8.79. The molecule has 4 rings (SSSR count). The van der Waals surface area contributed by atoms with Crippen molar-refractivity contribution in [2.45, 2.75) is 32.1 Å². The molecule has 1 aliphatic rings. The van der Waals surface area contributed by atoms with Crippen molar-refractivity contribution in [3.8, 4) is 11.4 Å². The van der Waals surface area contributed by atoms with Gasteiger partial charge in [-0.05, 0) is 42.8 Å². The van der Waals surface area contributed by atoms with Gasteiger partial charge in [-0.3, -0.25) is 4.90 Å². The fraction of sp³-hybridized carbons (Fsp3) is 0.300. The fourth-order valence-electron chi connectivity index (χ4n) is 3.15. The van der Waals surface area contributed by atoms with Crippen LogP contribution in [0.5, 0.6) is 0 Å². The van der Waals surface area contributed by atoms with E-state index in [9.17, 15) is 4.39 Å². The Labute approximate surface area is 157 Å². The molecule has 0 radical (unpaired) electrons. The van der Waals surface area contributed by atoms with Crippen molar-refractivity contribution in [2.75, 3.05) is 0 Å². The number of halogens is 1. The largest absolute Gasteiger partial charge is 0.303 e. The summed E-state index contributed by atoms with van der Waals surface area (Å²) in [5.41, 5.74) is 2.15. The molecule has 6 heteroatoms. The molecule has 0 atom stereocenters. The third-order valence-electron chi connectivity index (χ3n) is 4.75. The molecule has 1 saturated carbocycles. The Hall–Kier alpha value is -2.31. The predicted octanol–water partition coefficient (Wildman–Crippen LogP) is 4.38. The molecule has 1 aliphatic carbocycles. The van der Waals surface area contributed by atoms with Gasteiger partial charge in [0.05, 0.1) is 6.67 Å². The summed E-state index contributed by atoms with van der Waals surface area (Å²) < 4.78 is 17.7. The summed E-state index contributed by atoms with van der Waals surface area (Å²) in [4.78, 5) is 2.37. The van der Waals surface area contributed by atoms with E-state index >= 15 is 0 Å². The highest BCUT2D eigenvalue weighted by Gasteiger charge is 2.29. The zero-order valence-electron chi connectivity index (χ0n) is 14.7. The highest BCUT2D eigenvalue weighted by molar-refractivity contribution is 7.71. The van der Waals surface area contributed by atoms with E-state index in [-0.39, 0.29) is 5.82 Å². The minimum absolute atomic E-state index is 0.203. The standard InChI is InChI=1S/C20H21FN4S/c1-23-19(16-5-3-2-4-6-16)22-25(20(23)26)14-24(18-11-12-18)13-15-7-9-17(21)10-8-15/h2-10,18H,11-14H2,1H3. The minimum atomic E-state index is -0.203. The van der Waals surface area contributed by atoms with Crippen LogP contribution in [0.2, 0.25) is 0 Å². The first-order valence-corrected chi connectivity index (χ1v) is 9.20. The molecule has 0 saturated heterocycles. The lowest BCUT2D eigenvalue weighted by Gasteiger charge is -2.21. The Bertz CT molecular complexity index is 942. The fourth-order valence-corrected chi connectivity index (χ4v) is 3.33. The second-order valence-corrected chi connectivity index (χ2v) is 7.14. The predicted molar refractivity (Wildman–Crippen MR) is 102 cm³/mol. The van der Waals surface area contributed by atoms with Crippen molar-refractivity contribution >= 4 is 12.2 Å². The molecule has 3 aromatic rings. The molecule has 0 amide bonds. The molecule has 26 heavy (non-hydrogen) atoms. The van der Waals surface area contributed by atoms with E-state index < -0.39 is 0 Å². The first kappa shape index (κ1) is 17.1. The van der Waals surface area contributed by atoms with Gasteiger partial charge in [0.2, 0.25) is 0 Å². The van der Waals surface area contributed by atoms with Crippen LogP contribution >= 0.6 is 12.2 Å². The molecule has 1 heterocycles. The van der Waals surface area contributed by atoms with Crippen molar-refractivity contribution in [3.63, 3.8) is 0 Å². The van der Waals surface area contributed by atoms with Gasteiger partial charge in [-0.15, -0.1) is 0 Å². The van der Waals surface area contributed by atoms with Crippen molar-refractivity contribution in [1.82, 2.24) is 19.2 Å². The van der Waals surface area contributed by atoms with Crippen LogP contribution in [0.3, 0.4) is 0 Å². The molecular formula is C20H21FN4S. The molecule has 2 aromatic carbocycles. The minimum Gasteiger partial charge on any atom is -0.303 e. The highest BCUT2D eigenvalue weighted by Crippen LogP contribution is 2.29. The average molecular weight is 368 g/mol. The molecule has 0 N–H and O–H groups in total. The third kappa shape index (κ3) is 3.61. The Morgan fingerprint density at radius 1 is 1.12 bits per heavy atom. The zero-order valence-corrected chi connectivity index (χ0v) is 15.5.